The van der Waals surface area contributed by atoms with E-state index in [1.165, 1.54) is 11.3 Å². The number of fused-ring (bicyclic) bond motifs is 1. The minimum Gasteiger partial charge on any atom is -0.493 e. The predicted molar refractivity (Wildman–Crippen MR) is 127 cm³/mol. The van der Waals surface area contributed by atoms with Gasteiger partial charge in [-0.3, -0.25) is 4.79 Å². The first-order valence-electron chi connectivity index (χ1n) is 10.1. The molecule has 2 aromatic carbocycles. The maximum atomic E-state index is 13.0. The smallest absolute Gasteiger partial charge is 0.266 e. The lowest BCUT2D eigenvalue weighted by molar-refractivity contribution is 0.103. The number of nitrogens with one attached hydrogen (secondary N) is 1. The van der Waals surface area contributed by atoms with Gasteiger partial charge in [0, 0.05) is 12.8 Å². The van der Waals surface area contributed by atoms with Gasteiger partial charge in [0.15, 0.2) is 17.3 Å². The first-order chi connectivity index (χ1) is 16.0. The molecular formula is C24H23N3O5S. The SMILES string of the molecule is COCc1nc(OC)c2c(C)c(C(=O)Nc3ccc(Oc4ccccc4OC)cc3)sc2n1. The van der Waals surface area contributed by atoms with Crippen LogP contribution in [0.5, 0.6) is 23.1 Å². The number of benzene rings is 2. The molecule has 4 aromatic rings. The fraction of sp³-hybridized carbons (Fsp3) is 0.208. The Morgan fingerprint density at radius 2 is 1.70 bits per heavy atom. The zero-order valence-corrected chi connectivity index (χ0v) is 19.5. The molecule has 33 heavy (non-hydrogen) atoms. The highest BCUT2D eigenvalue weighted by molar-refractivity contribution is 7.20. The van der Waals surface area contributed by atoms with Crippen molar-refractivity contribution in [2.75, 3.05) is 26.6 Å². The van der Waals surface area contributed by atoms with E-state index >= 15 is 0 Å². The second-order valence-corrected chi connectivity index (χ2v) is 8.05. The number of para-hydroxylation sites is 2. The van der Waals surface area contributed by atoms with Crippen LogP contribution in [0.25, 0.3) is 10.2 Å². The number of rotatable bonds is 8. The van der Waals surface area contributed by atoms with Crippen molar-refractivity contribution in [2.24, 2.45) is 0 Å². The molecule has 0 unspecified atom stereocenters. The minimum atomic E-state index is -0.232. The van der Waals surface area contributed by atoms with E-state index in [9.17, 15) is 4.79 Å². The number of ether oxygens (including phenoxy) is 4. The minimum absolute atomic E-state index is 0.232. The number of nitrogens with zero attached hydrogens (tertiary/aromatic N) is 2. The second kappa shape index (κ2) is 9.85. The summed E-state index contributed by atoms with van der Waals surface area (Å²) < 4.78 is 21.8. The number of methoxy groups -OCH3 is 3. The van der Waals surface area contributed by atoms with E-state index in [0.29, 0.717) is 44.3 Å². The fourth-order valence-electron chi connectivity index (χ4n) is 3.33. The van der Waals surface area contributed by atoms with Gasteiger partial charge in [0.25, 0.3) is 5.91 Å². The van der Waals surface area contributed by atoms with Gasteiger partial charge in [0.05, 0.1) is 24.5 Å². The Balaban J connectivity index is 1.54. The largest absolute Gasteiger partial charge is 0.493 e. The molecule has 0 fully saturated rings. The molecule has 4 rings (SSSR count). The van der Waals surface area contributed by atoms with Crippen LogP contribution in [0.1, 0.15) is 21.1 Å². The van der Waals surface area contributed by atoms with E-state index in [-0.39, 0.29) is 12.5 Å². The highest BCUT2D eigenvalue weighted by Gasteiger charge is 2.21. The number of carbonyl (C=O) groups is 1. The Bertz CT molecular complexity index is 1290. The van der Waals surface area contributed by atoms with Crippen molar-refractivity contribution in [3.05, 3.63) is 64.8 Å². The molecule has 2 heterocycles. The monoisotopic (exact) mass is 465 g/mol. The quantitative estimate of drug-likeness (QED) is 0.382. The number of anilines is 1. The van der Waals surface area contributed by atoms with E-state index in [1.807, 2.05) is 31.2 Å². The van der Waals surface area contributed by atoms with Gasteiger partial charge in [-0.15, -0.1) is 11.3 Å². The molecule has 0 aliphatic rings. The molecular weight excluding hydrogens is 442 g/mol. The van der Waals surface area contributed by atoms with Crippen LogP contribution in [0.15, 0.2) is 48.5 Å². The van der Waals surface area contributed by atoms with Crippen molar-refractivity contribution in [1.29, 1.82) is 0 Å². The standard InChI is InChI=1S/C24H23N3O5S/c1-14-20-23(31-4)26-19(13-29-2)27-24(20)33-21(14)22(28)25-15-9-11-16(12-10-15)32-18-8-6-5-7-17(18)30-3/h5-12H,13H2,1-4H3,(H,25,28). The maximum Gasteiger partial charge on any atom is 0.266 e. The molecule has 0 spiro atoms. The van der Waals surface area contributed by atoms with Crippen LogP contribution < -0.4 is 19.5 Å². The topological polar surface area (TPSA) is 91.8 Å². The summed E-state index contributed by atoms with van der Waals surface area (Å²) in [4.78, 5) is 23.1. The number of aryl methyl sites for hydroxylation is 1. The van der Waals surface area contributed by atoms with Crippen LogP contribution in [-0.2, 0) is 11.3 Å². The third-order valence-corrected chi connectivity index (χ3v) is 6.07. The van der Waals surface area contributed by atoms with E-state index in [4.69, 9.17) is 18.9 Å². The van der Waals surface area contributed by atoms with Gasteiger partial charge in [-0.1, -0.05) is 12.1 Å². The Kier molecular flexibility index (Phi) is 6.71. The fourth-order valence-corrected chi connectivity index (χ4v) is 4.41. The van der Waals surface area contributed by atoms with Crippen molar-refractivity contribution in [1.82, 2.24) is 9.97 Å². The molecule has 1 amide bonds. The molecule has 0 aliphatic carbocycles. The average Bonchev–Trinajstić information content (AvgIpc) is 3.17. The van der Waals surface area contributed by atoms with E-state index < -0.39 is 0 Å². The molecule has 9 heteroatoms. The molecule has 0 radical (unpaired) electrons. The Labute approximate surface area is 195 Å². The van der Waals surface area contributed by atoms with Gasteiger partial charge >= 0.3 is 0 Å². The summed E-state index contributed by atoms with van der Waals surface area (Å²) in [7, 11) is 4.71. The van der Waals surface area contributed by atoms with Gasteiger partial charge in [-0.25, -0.2) is 4.98 Å². The number of amides is 1. The second-order valence-electron chi connectivity index (χ2n) is 7.05. The van der Waals surface area contributed by atoms with Crippen LogP contribution in [0.3, 0.4) is 0 Å². The maximum absolute atomic E-state index is 13.0. The first kappa shape index (κ1) is 22.5. The lowest BCUT2D eigenvalue weighted by Crippen LogP contribution is -2.11. The van der Waals surface area contributed by atoms with E-state index in [2.05, 4.69) is 15.3 Å². The zero-order chi connectivity index (χ0) is 23.4. The normalized spacial score (nSPS) is 10.8. The van der Waals surface area contributed by atoms with Crippen LogP contribution in [0.2, 0.25) is 0 Å². The summed E-state index contributed by atoms with van der Waals surface area (Å²) in [6.45, 7) is 2.12. The lowest BCUT2D eigenvalue weighted by atomic mass is 10.2. The van der Waals surface area contributed by atoms with Crippen molar-refractivity contribution >= 4 is 33.1 Å². The summed E-state index contributed by atoms with van der Waals surface area (Å²) in [6, 6.07) is 14.5. The number of hydrogen-bond donors (Lipinski definition) is 1. The van der Waals surface area contributed by atoms with Crippen molar-refractivity contribution in [3.8, 4) is 23.1 Å². The van der Waals surface area contributed by atoms with Gasteiger partial charge in [0.1, 0.15) is 17.2 Å². The van der Waals surface area contributed by atoms with E-state index in [0.717, 1.165) is 10.9 Å². The summed E-state index contributed by atoms with van der Waals surface area (Å²) in [5.41, 5.74) is 1.41. The van der Waals surface area contributed by atoms with E-state index in [1.54, 1.807) is 45.6 Å². The molecule has 1 N–H and O–H groups in total. The number of hydrogen-bond acceptors (Lipinski definition) is 8. The lowest BCUT2D eigenvalue weighted by Gasteiger charge is -2.10. The number of thiophene rings is 1. The van der Waals surface area contributed by atoms with Crippen LogP contribution in [-0.4, -0.2) is 37.2 Å². The summed E-state index contributed by atoms with van der Waals surface area (Å²) in [6.07, 6.45) is 0. The highest BCUT2D eigenvalue weighted by atomic mass is 32.1. The Morgan fingerprint density at radius 1 is 0.970 bits per heavy atom. The number of aromatic nitrogens is 2. The van der Waals surface area contributed by atoms with Gasteiger partial charge < -0.3 is 24.3 Å². The number of carbonyl (C=O) groups excluding carboxylic acids is 1. The molecule has 0 aliphatic heterocycles. The molecule has 0 saturated carbocycles. The van der Waals surface area contributed by atoms with Crippen molar-refractivity contribution in [2.45, 2.75) is 13.5 Å². The van der Waals surface area contributed by atoms with Crippen LogP contribution in [0.4, 0.5) is 5.69 Å². The van der Waals surface area contributed by atoms with Gasteiger partial charge in [-0.2, -0.15) is 4.98 Å². The van der Waals surface area contributed by atoms with Gasteiger partial charge in [0.2, 0.25) is 5.88 Å². The third-order valence-electron chi connectivity index (χ3n) is 4.89. The molecule has 2 aromatic heterocycles. The molecule has 0 saturated heterocycles. The van der Waals surface area contributed by atoms with Crippen LogP contribution >= 0.6 is 11.3 Å². The molecule has 8 nitrogen and oxygen atoms in total. The van der Waals surface area contributed by atoms with Gasteiger partial charge in [-0.05, 0) is 48.9 Å². The summed E-state index contributed by atoms with van der Waals surface area (Å²) in [5, 5.41) is 3.66. The Morgan fingerprint density at radius 3 is 2.36 bits per heavy atom. The average molecular weight is 466 g/mol. The Hall–Kier alpha value is -3.69. The summed E-state index contributed by atoms with van der Waals surface area (Å²) in [5.74, 6) is 2.58. The predicted octanol–water partition coefficient (Wildman–Crippen LogP) is 5.21. The van der Waals surface area contributed by atoms with Crippen molar-refractivity contribution in [3.63, 3.8) is 0 Å². The molecule has 0 bridgehead atoms. The zero-order valence-electron chi connectivity index (χ0n) is 18.7. The highest BCUT2D eigenvalue weighted by Crippen LogP contribution is 2.36. The first-order valence-corrected chi connectivity index (χ1v) is 10.9. The molecule has 0 atom stereocenters. The summed E-state index contributed by atoms with van der Waals surface area (Å²) >= 11 is 1.29. The molecule has 170 valence electrons. The van der Waals surface area contributed by atoms with Crippen molar-refractivity contribution < 1.29 is 23.7 Å². The van der Waals surface area contributed by atoms with Crippen LogP contribution in [0, 0.1) is 6.92 Å². The third kappa shape index (κ3) is 4.74.